The van der Waals surface area contributed by atoms with Gasteiger partial charge in [-0.1, -0.05) is 19.8 Å². The number of β-amino-alcohol motifs (C(OH)–C–C–N with tert-alkyl or cyclic N) is 1. The fourth-order valence-electron chi connectivity index (χ4n) is 3.48. The van der Waals surface area contributed by atoms with Crippen molar-refractivity contribution >= 4 is 0 Å². The van der Waals surface area contributed by atoms with Gasteiger partial charge in [0.1, 0.15) is 0 Å². The molecule has 2 fully saturated rings. The molecule has 0 spiro atoms. The van der Waals surface area contributed by atoms with E-state index in [4.69, 9.17) is 4.74 Å². The molecular weight excluding hydrogens is 254 g/mol. The van der Waals surface area contributed by atoms with E-state index < -0.39 is 6.10 Å². The van der Waals surface area contributed by atoms with Gasteiger partial charge in [0, 0.05) is 12.1 Å². The summed E-state index contributed by atoms with van der Waals surface area (Å²) in [4.78, 5) is 0. The van der Waals surface area contributed by atoms with Gasteiger partial charge >= 0.3 is 0 Å². The first-order chi connectivity index (χ1) is 9.63. The number of aliphatic hydroxyl groups is 2. The van der Waals surface area contributed by atoms with Crippen molar-refractivity contribution in [2.45, 2.75) is 76.0 Å². The monoisotopic (exact) mass is 285 g/mol. The summed E-state index contributed by atoms with van der Waals surface area (Å²) in [5.74, 6) is 0.827. The number of aliphatic hydroxyl groups excluding tert-OH is 2. The minimum absolute atomic E-state index is 0.152. The van der Waals surface area contributed by atoms with Gasteiger partial charge in [0.25, 0.3) is 0 Å². The lowest BCUT2D eigenvalue weighted by atomic mass is 9.89. The van der Waals surface area contributed by atoms with Crippen LogP contribution in [0.1, 0.15) is 58.3 Å². The van der Waals surface area contributed by atoms with Gasteiger partial charge in [0.15, 0.2) is 0 Å². The molecule has 2 aliphatic rings. The Morgan fingerprint density at radius 1 is 1.20 bits per heavy atom. The van der Waals surface area contributed by atoms with E-state index in [1.807, 2.05) is 0 Å². The molecule has 0 aromatic carbocycles. The summed E-state index contributed by atoms with van der Waals surface area (Å²) in [6, 6.07) is 0. The summed E-state index contributed by atoms with van der Waals surface area (Å²) in [6.45, 7) is 3.39. The average Bonchev–Trinajstić information content (AvgIpc) is 2.94. The van der Waals surface area contributed by atoms with E-state index in [1.54, 1.807) is 0 Å². The molecule has 1 atom stereocenters. The number of hydrogen-bond donors (Lipinski definition) is 3. The molecule has 2 saturated carbocycles. The molecule has 118 valence electrons. The van der Waals surface area contributed by atoms with E-state index in [-0.39, 0.29) is 12.1 Å². The van der Waals surface area contributed by atoms with Crippen molar-refractivity contribution in [3.63, 3.8) is 0 Å². The number of rotatable bonds is 7. The number of hydrogen-bond acceptors (Lipinski definition) is 4. The first-order valence-corrected chi connectivity index (χ1v) is 8.29. The molecule has 0 radical (unpaired) electrons. The van der Waals surface area contributed by atoms with Crippen LogP contribution in [-0.2, 0) is 4.74 Å². The molecule has 1 unspecified atom stereocenters. The normalized spacial score (nSPS) is 31.4. The van der Waals surface area contributed by atoms with Crippen molar-refractivity contribution in [3.05, 3.63) is 0 Å². The van der Waals surface area contributed by atoms with Crippen LogP contribution in [0, 0.1) is 5.92 Å². The third-order valence-corrected chi connectivity index (χ3v) is 5.06. The Balaban J connectivity index is 1.61. The van der Waals surface area contributed by atoms with Crippen molar-refractivity contribution in [1.82, 2.24) is 5.32 Å². The van der Waals surface area contributed by atoms with E-state index in [9.17, 15) is 10.2 Å². The third-order valence-electron chi connectivity index (χ3n) is 5.06. The Bertz CT molecular complexity index is 271. The lowest BCUT2D eigenvalue weighted by molar-refractivity contribution is -0.0305. The van der Waals surface area contributed by atoms with Crippen molar-refractivity contribution < 1.29 is 14.9 Å². The van der Waals surface area contributed by atoms with Crippen molar-refractivity contribution in [3.8, 4) is 0 Å². The number of nitrogens with one attached hydrogen (secondary N) is 1. The summed E-state index contributed by atoms with van der Waals surface area (Å²) in [5.41, 5.74) is -0.152. The Kier molecular flexibility index (Phi) is 6.27. The minimum Gasteiger partial charge on any atom is -0.394 e. The van der Waals surface area contributed by atoms with Crippen LogP contribution in [0.25, 0.3) is 0 Å². The number of ether oxygens (including phenoxy) is 1. The maximum absolute atomic E-state index is 10.0. The van der Waals surface area contributed by atoms with E-state index in [0.29, 0.717) is 19.3 Å². The first-order valence-electron chi connectivity index (χ1n) is 8.29. The summed E-state index contributed by atoms with van der Waals surface area (Å²) in [6.07, 6.45) is 8.96. The maximum atomic E-state index is 10.0. The molecule has 4 nitrogen and oxygen atoms in total. The SMILES string of the molecule is CC1CCC(OCC(O)CNC2(CO)CCCC2)CC1. The van der Waals surface area contributed by atoms with Crippen LogP contribution in [-0.4, -0.2) is 47.7 Å². The molecule has 4 heteroatoms. The zero-order valence-corrected chi connectivity index (χ0v) is 12.8. The Morgan fingerprint density at radius 2 is 1.85 bits per heavy atom. The summed E-state index contributed by atoms with van der Waals surface area (Å²) >= 11 is 0. The third kappa shape index (κ3) is 4.69. The van der Waals surface area contributed by atoms with Gasteiger partial charge < -0.3 is 20.3 Å². The molecule has 2 aliphatic carbocycles. The van der Waals surface area contributed by atoms with Crippen LogP contribution < -0.4 is 5.32 Å². The van der Waals surface area contributed by atoms with Gasteiger partial charge in [-0.3, -0.25) is 0 Å². The summed E-state index contributed by atoms with van der Waals surface area (Å²) in [5, 5.41) is 22.9. The Morgan fingerprint density at radius 3 is 2.45 bits per heavy atom. The lowest BCUT2D eigenvalue weighted by Gasteiger charge is -2.30. The smallest absolute Gasteiger partial charge is 0.0898 e. The van der Waals surface area contributed by atoms with Gasteiger partial charge in [-0.05, 0) is 44.4 Å². The van der Waals surface area contributed by atoms with E-state index in [0.717, 1.165) is 31.6 Å². The van der Waals surface area contributed by atoms with E-state index in [1.165, 1.54) is 25.7 Å². The fraction of sp³-hybridized carbons (Fsp3) is 1.00. The highest BCUT2D eigenvalue weighted by molar-refractivity contribution is 4.92. The van der Waals surface area contributed by atoms with Crippen molar-refractivity contribution in [1.29, 1.82) is 0 Å². The summed E-state index contributed by atoms with van der Waals surface area (Å²) < 4.78 is 5.82. The molecule has 3 N–H and O–H groups in total. The van der Waals surface area contributed by atoms with E-state index >= 15 is 0 Å². The van der Waals surface area contributed by atoms with Crippen LogP contribution >= 0.6 is 0 Å². The second kappa shape index (κ2) is 7.74. The molecular formula is C16H31NO3. The maximum Gasteiger partial charge on any atom is 0.0898 e. The molecule has 0 bridgehead atoms. The lowest BCUT2D eigenvalue weighted by Crippen LogP contribution is -2.49. The van der Waals surface area contributed by atoms with Crippen molar-refractivity contribution in [2.24, 2.45) is 5.92 Å². The van der Waals surface area contributed by atoms with Crippen LogP contribution in [0.3, 0.4) is 0 Å². The molecule has 20 heavy (non-hydrogen) atoms. The minimum atomic E-state index is -0.474. The predicted molar refractivity (Wildman–Crippen MR) is 79.7 cm³/mol. The zero-order valence-electron chi connectivity index (χ0n) is 12.8. The second-order valence-electron chi connectivity index (χ2n) is 6.90. The van der Waals surface area contributed by atoms with E-state index in [2.05, 4.69) is 12.2 Å². The summed E-state index contributed by atoms with van der Waals surface area (Å²) in [7, 11) is 0. The second-order valence-corrected chi connectivity index (χ2v) is 6.90. The van der Waals surface area contributed by atoms with Crippen LogP contribution in [0.15, 0.2) is 0 Å². The Labute approximate surface area is 122 Å². The van der Waals surface area contributed by atoms with Gasteiger partial charge in [-0.25, -0.2) is 0 Å². The first kappa shape index (κ1) is 16.2. The topological polar surface area (TPSA) is 61.7 Å². The molecule has 0 amide bonds. The molecule has 0 saturated heterocycles. The standard InChI is InChI=1S/C16H31NO3/c1-13-4-6-15(7-5-13)20-11-14(19)10-17-16(12-18)8-2-3-9-16/h13-15,17-19H,2-12H2,1H3. The highest BCUT2D eigenvalue weighted by Crippen LogP contribution is 2.29. The Hall–Kier alpha value is -0.160. The molecule has 0 aliphatic heterocycles. The van der Waals surface area contributed by atoms with Gasteiger partial charge in [0.05, 0.1) is 25.4 Å². The average molecular weight is 285 g/mol. The highest BCUT2D eigenvalue weighted by Gasteiger charge is 2.33. The molecule has 2 rings (SSSR count). The largest absolute Gasteiger partial charge is 0.394 e. The van der Waals surface area contributed by atoms with Gasteiger partial charge in [-0.15, -0.1) is 0 Å². The molecule has 0 aromatic rings. The van der Waals surface area contributed by atoms with Crippen molar-refractivity contribution in [2.75, 3.05) is 19.8 Å². The quantitative estimate of drug-likeness (QED) is 0.668. The van der Waals surface area contributed by atoms with Crippen LogP contribution in [0.5, 0.6) is 0 Å². The molecule has 0 heterocycles. The highest BCUT2D eigenvalue weighted by atomic mass is 16.5. The molecule has 0 aromatic heterocycles. The predicted octanol–water partition coefficient (Wildman–Crippen LogP) is 1.84. The van der Waals surface area contributed by atoms with Crippen LogP contribution in [0.2, 0.25) is 0 Å². The van der Waals surface area contributed by atoms with Crippen LogP contribution in [0.4, 0.5) is 0 Å². The fourth-order valence-corrected chi connectivity index (χ4v) is 3.48. The van der Waals surface area contributed by atoms with Gasteiger partial charge in [0.2, 0.25) is 0 Å². The zero-order chi connectivity index (χ0) is 14.4. The van der Waals surface area contributed by atoms with Gasteiger partial charge in [-0.2, -0.15) is 0 Å².